The van der Waals surface area contributed by atoms with Crippen LogP contribution in [0.2, 0.25) is 5.02 Å². The summed E-state index contributed by atoms with van der Waals surface area (Å²) in [5.74, 6) is -0.772. The summed E-state index contributed by atoms with van der Waals surface area (Å²) in [6, 6.07) is 3.27. The Hall–Kier alpha value is -1.18. The van der Waals surface area contributed by atoms with Gasteiger partial charge in [-0.05, 0) is 43.9 Å². The van der Waals surface area contributed by atoms with E-state index in [1.54, 1.807) is 0 Å². The van der Waals surface area contributed by atoms with Crippen molar-refractivity contribution < 1.29 is 17.6 Å². The van der Waals surface area contributed by atoms with Crippen LogP contribution in [0.3, 0.4) is 0 Å². The third kappa shape index (κ3) is 4.38. The van der Waals surface area contributed by atoms with Crippen LogP contribution in [-0.4, -0.2) is 37.8 Å². The highest BCUT2D eigenvalue weighted by molar-refractivity contribution is 7.89. The molecule has 0 radical (unpaired) electrons. The van der Waals surface area contributed by atoms with Crippen LogP contribution in [0.25, 0.3) is 0 Å². The van der Waals surface area contributed by atoms with Gasteiger partial charge >= 0.3 is 0 Å². The largest absolute Gasteiger partial charge is 0.352 e. The maximum atomic E-state index is 14.0. The van der Waals surface area contributed by atoms with E-state index in [9.17, 15) is 17.6 Å². The molecule has 1 atom stereocenters. The zero-order chi connectivity index (χ0) is 18.7. The van der Waals surface area contributed by atoms with Crippen LogP contribution >= 0.6 is 11.6 Å². The molecule has 3 rings (SSSR count). The summed E-state index contributed by atoms with van der Waals surface area (Å²) in [7, 11) is -3.99. The van der Waals surface area contributed by atoms with E-state index in [1.807, 2.05) is 0 Å². The lowest BCUT2D eigenvalue weighted by Crippen LogP contribution is -2.50. The van der Waals surface area contributed by atoms with Crippen molar-refractivity contribution in [3.63, 3.8) is 0 Å². The lowest BCUT2D eigenvalue weighted by Gasteiger charge is -2.33. The fraction of sp³-hybridized carbons (Fsp3) is 0.611. The second kappa shape index (κ2) is 8.23. The van der Waals surface area contributed by atoms with Crippen molar-refractivity contribution in [1.29, 1.82) is 0 Å². The van der Waals surface area contributed by atoms with E-state index >= 15 is 0 Å². The number of benzene rings is 1. The molecule has 0 aromatic heterocycles. The van der Waals surface area contributed by atoms with Gasteiger partial charge in [0.25, 0.3) is 0 Å². The average Bonchev–Trinajstić information content (AvgIpc) is 2.64. The molecular weight excluding hydrogens is 379 g/mol. The fourth-order valence-electron chi connectivity index (χ4n) is 3.78. The van der Waals surface area contributed by atoms with E-state index in [-0.39, 0.29) is 29.4 Å². The Labute approximate surface area is 158 Å². The summed E-state index contributed by atoms with van der Waals surface area (Å²) >= 11 is 5.84. The number of carbonyl (C=O) groups excluding carboxylic acids is 1. The molecule has 0 bridgehead atoms. The quantitative estimate of drug-likeness (QED) is 0.840. The first-order valence-corrected chi connectivity index (χ1v) is 11.0. The van der Waals surface area contributed by atoms with Crippen molar-refractivity contribution in [2.45, 2.75) is 55.9 Å². The van der Waals surface area contributed by atoms with Gasteiger partial charge in [-0.25, -0.2) is 12.8 Å². The lowest BCUT2D eigenvalue weighted by molar-refractivity contribution is -0.126. The monoisotopic (exact) mass is 402 g/mol. The van der Waals surface area contributed by atoms with Gasteiger partial charge in [-0.3, -0.25) is 4.79 Å². The second-order valence-electron chi connectivity index (χ2n) is 7.12. The Kier molecular flexibility index (Phi) is 6.20. The number of halogens is 2. The van der Waals surface area contributed by atoms with Gasteiger partial charge < -0.3 is 5.32 Å². The third-order valence-corrected chi connectivity index (χ3v) is 7.33. The first-order valence-electron chi connectivity index (χ1n) is 9.13. The van der Waals surface area contributed by atoms with Crippen molar-refractivity contribution in [3.8, 4) is 0 Å². The van der Waals surface area contributed by atoms with Crippen molar-refractivity contribution in [2.24, 2.45) is 5.92 Å². The molecule has 1 saturated heterocycles. The van der Waals surface area contributed by atoms with E-state index in [0.717, 1.165) is 44.2 Å². The molecule has 144 valence electrons. The summed E-state index contributed by atoms with van der Waals surface area (Å²) in [6.45, 7) is 0.469. The van der Waals surface area contributed by atoms with Crippen molar-refractivity contribution in [1.82, 2.24) is 9.62 Å². The first kappa shape index (κ1) is 19.6. The fourth-order valence-corrected chi connectivity index (χ4v) is 5.63. The Balaban J connectivity index is 1.69. The molecule has 1 aliphatic carbocycles. The van der Waals surface area contributed by atoms with Crippen molar-refractivity contribution in [2.75, 3.05) is 13.1 Å². The molecule has 26 heavy (non-hydrogen) atoms. The summed E-state index contributed by atoms with van der Waals surface area (Å²) in [5, 5.41) is 3.17. The zero-order valence-electron chi connectivity index (χ0n) is 14.6. The molecule has 0 unspecified atom stereocenters. The van der Waals surface area contributed by atoms with Crippen LogP contribution in [0.4, 0.5) is 4.39 Å². The van der Waals surface area contributed by atoms with Crippen LogP contribution in [-0.2, 0) is 14.8 Å². The third-order valence-electron chi connectivity index (χ3n) is 5.22. The van der Waals surface area contributed by atoms with Crippen LogP contribution in [0.1, 0.15) is 44.9 Å². The van der Waals surface area contributed by atoms with E-state index < -0.39 is 20.7 Å². The highest BCUT2D eigenvalue weighted by atomic mass is 35.5. The number of nitrogens with one attached hydrogen (secondary N) is 1. The van der Waals surface area contributed by atoms with E-state index in [0.29, 0.717) is 13.0 Å². The molecule has 1 heterocycles. The molecule has 8 heteroatoms. The van der Waals surface area contributed by atoms with Crippen LogP contribution in [0, 0.1) is 11.7 Å². The SMILES string of the molecule is O=C(N[C@H]1CCCN(S(=O)(=O)c2cc(Cl)ccc2F)C1)C1CCCCC1. The van der Waals surface area contributed by atoms with Crippen molar-refractivity contribution >= 4 is 27.5 Å². The van der Waals surface area contributed by atoms with E-state index in [4.69, 9.17) is 11.6 Å². The van der Waals surface area contributed by atoms with Gasteiger partial charge in [0.1, 0.15) is 10.7 Å². The Morgan fingerprint density at radius 3 is 2.62 bits per heavy atom. The van der Waals surface area contributed by atoms with E-state index in [1.165, 1.54) is 16.8 Å². The number of sulfonamides is 1. The van der Waals surface area contributed by atoms with Gasteiger partial charge in [0.2, 0.25) is 15.9 Å². The topological polar surface area (TPSA) is 66.5 Å². The minimum absolute atomic E-state index is 0.0166. The molecule has 1 aromatic rings. The number of hydrogen-bond acceptors (Lipinski definition) is 3. The minimum Gasteiger partial charge on any atom is -0.352 e. The van der Waals surface area contributed by atoms with Gasteiger partial charge in [-0.15, -0.1) is 0 Å². The number of piperidine rings is 1. The molecule has 1 aliphatic heterocycles. The van der Waals surface area contributed by atoms with Gasteiger partial charge in [0.15, 0.2) is 0 Å². The van der Waals surface area contributed by atoms with Gasteiger partial charge in [0, 0.05) is 30.1 Å². The second-order valence-corrected chi connectivity index (χ2v) is 9.46. The summed E-state index contributed by atoms with van der Waals surface area (Å²) in [4.78, 5) is 12.0. The summed E-state index contributed by atoms with van der Waals surface area (Å²) < 4.78 is 40.9. The molecule has 1 saturated carbocycles. The first-order chi connectivity index (χ1) is 12.4. The van der Waals surface area contributed by atoms with Crippen LogP contribution < -0.4 is 5.32 Å². The van der Waals surface area contributed by atoms with E-state index in [2.05, 4.69) is 5.32 Å². The molecule has 1 aromatic carbocycles. The zero-order valence-corrected chi connectivity index (χ0v) is 16.2. The highest BCUT2D eigenvalue weighted by Crippen LogP contribution is 2.27. The molecule has 2 aliphatic rings. The van der Waals surface area contributed by atoms with Crippen molar-refractivity contribution in [3.05, 3.63) is 29.0 Å². The summed E-state index contributed by atoms with van der Waals surface area (Å²) in [5.41, 5.74) is 0. The normalized spacial score (nSPS) is 22.9. The standard InChI is InChI=1S/C18H24ClFN2O3S/c19-14-8-9-16(20)17(11-14)26(24,25)22-10-4-7-15(12-22)21-18(23)13-5-2-1-3-6-13/h8-9,11,13,15H,1-7,10,12H2,(H,21,23)/t15-/m0/s1. The average molecular weight is 403 g/mol. The molecule has 2 fully saturated rings. The predicted octanol–water partition coefficient (Wildman–Crippen LogP) is 3.33. The lowest BCUT2D eigenvalue weighted by atomic mass is 9.88. The Morgan fingerprint density at radius 2 is 1.88 bits per heavy atom. The molecule has 0 spiro atoms. The summed E-state index contributed by atoms with van der Waals surface area (Å²) in [6.07, 6.45) is 6.45. The predicted molar refractivity (Wildman–Crippen MR) is 97.9 cm³/mol. The molecule has 5 nitrogen and oxygen atoms in total. The van der Waals surface area contributed by atoms with Crippen LogP contribution in [0.5, 0.6) is 0 Å². The maximum absolute atomic E-state index is 14.0. The Morgan fingerprint density at radius 1 is 1.15 bits per heavy atom. The smallest absolute Gasteiger partial charge is 0.246 e. The van der Waals surface area contributed by atoms with Gasteiger partial charge in [-0.2, -0.15) is 4.31 Å². The molecular formula is C18H24ClFN2O3S. The van der Waals surface area contributed by atoms with Gasteiger partial charge in [-0.1, -0.05) is 30.9 Å². The van der Waals surface area contributed by atoms with Crippen LogP contribution in [0.15, 0.2) is 23.1 Å². The number of hydrogen-bond donors (Lipinski definition) is 1. The number of amides is 1. The number of rotatable bonds is 4. The number of nitrogens with zero attached hydrogens (tertiary/aromatic N) is 1. The number of carbonyl (C=O) groups is 1. The maximum Gasteiger partial charge on any atom is 0.246 e. The Bertz CT molecular complexity index is 766. The van der Waals surface area contributed by atoms with Gasteiger partial charge in [0.05, 0.1) is 0 Å². The highest BCUT2D eigenvalue weighted by Gasteiger charge is 2.33. The molecule has 1 N–H and O–H groups in total. The molecule has 1 amide bonds. The minimum atomic E-state index is -3.99.